The summed E-state index contributed by atoms with van der Waals surface area (Å²) in [5.41, 5.74) is 0. The molecule has 0 heterocycles. The monoisotopic (exact) mass is 208 g/mol. The Morgan fingerprint density at radius 2 is 1.62 bits per heavy atom. The average Bonchev–Trinajstić information content (AvgIpc) is 2.12. The van der Waals surface area contributed by atoms with E-state index in [1.54, 1.807) is 6.92 Å². The zero-order valence-corrected chi connectivity index (χ0v) is 8.53. The van der Waals surface area contributed by atoms with Crippen molar-refractivity contribution in [2.24, 2.45) is 0 Å². The molecular formula is C8H16O4S. The predicted molar refractivity (Wildman–Crippen MR) is 52.6 cm³/mol. The molecule has 0 aromatic carbocycles. The number of rotatable bonds is 5. The van der Waals surface area contributed by atoms with Gasteiger partial charge in [-0.2, -0.15) is 0 Å². The van der Waals surface area contributed by atoms with E-state index in [9.17, 15) is 15.3 Å². The minimum absolute atomic E-state index is 0.271. The van der Waals surface area contributed by atoms with Crippen molar-refractivity contribution in [1.29, 1.82) is 0 Å². The number of aliphatic hydroxyl groups is 4. The summed E-state index contributed by atoms with van der Waals surface area (Å²) in [5.74, 6) is 0. The maximum atomic E-state index is 9.34. The number of thiocarbonyl (C=S) groups is 1. The maximum Gasteiger partial charge on any atom is 0.114 e. The number of hydrogen-bond acceptors (Lipinski definition) is 5. The fourth-order valence-corrected chi connectivity index (χ4v) is 1.01. The first-order chi connectivity index (χ1) is 5.91. The Labute approximate surface area is 82.8 Å². The highest BCUT2D eigenvalue weighted by Crippen LogP contribution is 2.08. The Hall–Kier alpha value is -0.0700. The highest BCUT2D eigenvalue weighted by Gasteiger charge is 2.29. The van der Waals surface area contributed by atoms with Gasteiger partial charge in [-0.05, 0) is 13.3 Å². The zero-order valence-electron chi connectivity index (χ0n) is 7.71. The van der Waals surface area contributed by atoms with Crippen LogP contribution in [0.25, 0.3) is 0 Å². The van der Waals surface area contributed by atoms with Gasteiger partial charge in [0, 0.05) is 4.86 Å². The third kappa shape index (κ3) is 3.66. The molecule has 0 aliphatic rings. The molecule has 0 rings (SSSR count). The molecule has 5 heteroatoms. The molecule has 0 aromatic rings. The molecule has 4 atom stereocenters. The number of aliphatic hydroxyl groups excluding tert-OH is 4. The van der Waals surface area contributed by atoms with E-state index in [0.717, 1.165) is 0 Å². The summed E-state index contributed by atoms with van der Waals surface area (Å²) in [4.78, 5) is 0.271. The van der Waals surface area contributed by atoms with Crippen LogP contribution in [-0.2, 0) is 0 Å². The van der Waals surface area contributed by atoms with Crippen molar-refractivity contribution in [3.05, 3.63) is 0 Å². The Morgan fingerprint density at radius 3 is 1.92 bits per heavy atom. The Bertz CT molecular complexity index is 172. The fourth-order valence-electron chi connectivity index (χ4n) is 0.872. The van der Waals surface area contributed by atoms with Crippen LogP contribution in [0, 0.1) is 0 Å². The molecule has 0 unspecified atom stereocenters. The van der Waals surface area contributed by atoms with Crippen molar-refractivity contribution in [3.8, 4) is 0 Å². The van der Waals surface area contributed by atoms with Crippen molar-refractivity contribution < 1.29 is 20.4 Å². The SMILES string of the molecule is CCC(=S)[C@@H](O)[C@H](O)[C@H](O)[C@H](C)O. The Morgan fingerprint density at radius 1 is 1.15 bits per heavy atom. The van der Waals surface area contributed by atoms with Gasteiger partial charge in [0.15, 0.2) is 0 Å². The van der Waals surface area contributed by atoms with Crippen LogP contribution in [-0.4, -0.2) is 49.7 Å². The molecule has 0 saturated carbocycles. The Kier molecular flexibility index (Phi) is 5.59. The van der Waals surface area contributed by atoms with E-state index < -0.39 is 24.4 Å². The lowest BCUT2D eigenvalue weighted by atomic mass is 10.0. The molecule has 0 fully saturated rings. The standard InChI is InChI=1S/C8H16O4S/c1-3-5(13)7(11)8(12)6(10)4(2)9/h4,6-12H,3H2,1-2H3/t4-,6+,7+,8+/m0/s1. The van der Waals surface area contributed by atoms with Crippen LogP contribution in [0.2, 0.25) is 0 Å². The van der Waals surface area contributed by atoms with Crippen LogP contribution in [0.5, 0.6) is 0 Å². The second-order valence-corrected chi connectivity index (χ2v) is 3.51. The summed E-state index contributed by atoms with van der Waals surface area (Å²) in [6.07, 6.45) is -4.71. The van der Waals surface area contributed by atoms with Crippen molar-refractivity contribution >= 4 is 17.1 Å². The van der Waals surface area contributed by atoms with E-state index in [2.05, 4.69) is 0 Å². The van der Waals surface area contributed by atoms with Crippen LogP contribution >= 0.6 is 12.2 Å². The molecule has 4 nitrogen and oxygen atoms in total. The zero-order chi connectivity index (χ0) is 10.6. The largest absolute Gasteiger partial charge is 0.391 e. The second-order valence-electron chi connectivity index (χ2n) is 2.99. The molecule has 0 aliphatic heterocycles. The maximum absolute atomic E-state index is 9.34. The lowest BCUT2D eigenvalue weighted by molar-refractivity contribution is -0.0829. The normalized spacial score (nSPS) is 20.5. The van der Waals surface area contributed by atoms with Crippen LogP contribution < -0.4 is 0 Å². The summed E-state index contributed by atoms with van der Waals surface area (Å²) in [6, 6.07) is 0. The van der Waals surface area contributed by atoms with Gasteiger partial charge < -0.3 is 20.4 Å². The topological polar surface area (TPSA) is 80.9 Å². The lowest BCUT2D eigenvalue weighted by Crippen LogP contribution is -2.46. The second kappa shape index (κ2) is 5.62. The average molecular weight is 208 g/mol. The quantitative estimate of drug-likeness (QED) is 0.446. The molecule has 0 aromatic heterocycles. The highest BCUT2D eigenvalue weighted by molar-refractivity contribution is 7.80. The van der Waals surface area contributed by atoms with Gasteiger partial charge >= 0.3 is 0 Å². The van der Waals surface area contributed by atoms with Gasteiger partial charge in [-0.15, -0.1) is 0 Å². The van der Waals surface area contributed by atoms with E-state index in [-0.39, 0.29) is 4.86 Å². The van der Waals surface area contributed by atoms with Gasteiger partial charge in [0.1, 0.15) is 18.3 Å². The van der Waals surface area contributed by atoms with Gasteiger partial charge in [-0.25, -0.2) is 0 Å². The number of hydrogen-bond donors (Lipinski definition) is 4. The van der Waals surface area contributed by atoms with Crippen molar-refractivity contribution in [2.75, 3.05) is 0 Å². The van der Waals surface area contributed by atoms with Gasteiger partial charge in [0.25, 0.3) is 0 Å². The highest BCUT2D eigenvalue weighted by atomic mass is 32.1. The third-order valence-corrected chi connectivity index (χ3v) is 2.38. The predicted octanol–water partition coefficient (Wildman–Crippen LogP) is -0.770. The molecule has 0 radical (unpaired) electrons. The molecular weight excluding hydrogens is 192 g/mol. The van der Waals surface area contributed by atoms with E-state index >= 15 is 0 Å². The van der Waals surface area contributed by atoms with Crippen molar-refractivity contribution in [3.63, 3.8) is 0 Å². The summed E-state index contributed by atoms with van der Waals surface area (Å²) in [5, 5.41) is 36.8. The molecule has 0 saturated heterocycles. The lowest BCUT2D eigenvalue weighted by Gasteiger charge is -2.24. The third-order valence-electron chi connectivity index (χ3n) is 1.85. The first kappa shape index (κ1) is 12.9. The van der Waals surface area contributed by atoms with Crippen LogP contribution in [0.4, 0.5) is 0 Å². The van der Waals surface area contributed by atoms with Gasteiger partial charge in [-0.1, -0.05) is 19.1 Å². The van der Waals surface area contributed by atoms with E-state index in [1.807, 2.05) is 0 Å². The summed E-state index contributed by atoms with van der Waals surface area (Å²) < 4.78 is 0. The van der Waals surface area contributed by atoms with E-state index in [1.165, 1.54) is 6.92 Å². The van der Waals surface area contributed by atoms with Crippen LogP contribution in [0.1, 0.15) is 20.3 Å². The molecule has 0 aliphatic carbocycles. The molecule has 0 spiro atoms. The minimum Gasteiger partial charge on any atom is -0.391 e. The first-order valence-corrected chi connectivity index (χ1v) is 4.57. The van der Waals surface area contributed by atoms with Crippen molar-refractivity contribution in [1.82, 2.24) is 0 Å². The van der Waals surface area contributed by atoms with Crippen LogP contribution in [0.15, 0.2) is 0 Å². The fraction of sp³-hybridized carbons (Fsp3) is 0.875. The summed E-state index contributed by atoms with van der Waals surface area (Å²) >= 11 is 4.76. The van der Waals surface area contributed by atoms with Gasteiger partial charge in [-0.3, -0.25) is 0 Å². The molecule has 0 amide bonds. The van der Waals surface area contributed by atoms with Crippen LogP contribution in [0.3, 0.4) is 0 Å². The molecule has 0 bridgehead atoms. The molecule has 78 valence electrons. The van der Waals surface area contributed by atoms with E-state index in [0.29, 0.717) is 6.42 Å². The Balaban J connectivity index is 4.24. The van der Waals surface area contributed by atoms with Gasteiger partial charge in [0.2, 0.25) is 0 Å². The van der Waals surface area contributed by atoms with Crippen molar-refractivity contribution in [2.45, 2.75) is 44.7 Å². The molecule has 13 heavy (non-hydrogen) atoms. The summed E-state index contributed by atoms with van der Waals surface area (Å²) in [7, 11) is 0. The summed E-state index contributed by atoms with van der Waals surface area (Å²) in [6.45, 7) is 3.07. The minimum atomic E-state index is -1.42. The van der Waals surface area contributed by atoms with E-state index in [4.69, 9.17) is 17.3 Å². The smallest absolute Gasteiger partial charge is 0.114 e. The van der Waals surface area contributed by atoms with Gasteiger partial charge in [0.05, 0.1) is 6.10 Å². The first-order valence-electron chi connectivity index (χ1n) is 4.16. The molecule has 4 N–H and O–H groups in total.